The molecule has 0 atom stereocenters. The van der Waals surface area contributed by atoms with Crippen LogP contribution in [0.15, 0.2) is 72.8 Å². The smallest absolute Gasteiger partial charge is 0.251 e. The minimum Gasteiger partial charge on any atom is -0.493 e. The first kappa shape index (κ1) is 18.3. The van der Waals surface area contributed by atoms with Gasteiger partial charge in [-0.15, -0.1) is 0 Å². The molecular weight excluding hydrogens is 350 g/mol. The topological polar surface area (TPSA) is 47.6 Å². The van der Waals surface area contributed by atoms with E-state index in [0.717, 1.165) is 34.4 Å². The molecule has 4 rings (SSSR count). The zero-order valence-electron chi connectivity index (χ0n) is 15.7. The quantitative estimate of drug-likeness (QED) is 0.673. The first-order chi connectivity index (χ1) is 13.8. The minimum absolute atomic E-state index is 0.0690. The van der Waals surface area contributed by atoms with Gasteiger partial charge in [0.2, 0.25) is 0 Å². The van der Waals surface area contributed by atoms with Gasteiger partial charge in [0, 0.05) is 18.5 Å². The van der Waals surface area contributed by atoms with Crippen molar-refractivity contribution < 1.29 is 14.3 Å². The molecule has 0 saturated carbocycles. The first-order valence-electron chi connectivity index (χ1n) is 9.51. The number of hydrogen-bond acceptors (Lipinski definition) is 3. The van der Waals surface area contributed by atoms with Gasteiger partial charge < -0.3 is 14.8 Å². The van der Waals surface area contributed by atoms with E-state index in [0.29, 0.717) is 31.9 Å². The normalized spacial score (nSPS) is 12.3. The molecule has 1 N–H and O–H groups in total. The highest BCUT2D eigenvalue weighted by Crippen LogP contribution is 2.25. The van der Waals surface area contributed by atoms with Crippen LogP contribution in [0.5, 0.6) is 5.75 Å². The number of rotatable bonds is 7. The van der Waals surface area contributed by atoms with E-state index in [1.54, 1.807) is 0 Å². The Hall–Kier alpha value is -3.11. The van der Waals surface area contributed by atoms with Crippen molar-refractivity contribution in [3.05, 3.63) is 101 Å². The van der Waals surface area contributed by atoms with Crippen LogP contribution in [-0.2, 0) is 30.9 Å². The SMILES string of the molecule is O=C(NCc1cccc(COCc2ccccc2)c1)c1ccc2c(c1)CCO2. The lowest BCUT2D eigenvalue weighted by atomic mass is 10.1. The highest BCUT2D eigenvalue weighted by molar-refractivity contribution is 5.94. The van der Waals surface area contributed by atoms with E-state index in [-0.39, 0.29) is 5.91 Å². The predicted molar refractivity (Wildman–Crippen MR) is 108 cm³/mol. The van der Waals surface area contributed by atoms with Crippen molar-refractivity contribution in [1.29, 1.82) is 0 Å². The van der Waals surface area contributed by atoms with E-state index in [2.05, 4.69) is 23.5 Å². The Balaban J connectivity index is 1.30. The van der Waals surface area contributed by atoms with Gasteiger partial charge in [0.25, 0.3) is 5.91 Å². The number of nitrogens with one attached hydrogen (secondary N) is 1. The highest BCUT2D eigenvalue weighted by atomic mass is 16.5. The molecule has 0 aromatic heterocycles. The number of hydrogen-bond donors (Lipinski definition) is 1. The molecule has 3 aromatic rings. The number of benzene rings is 3. The molecule has 142 valence electrons. The summed E-state index contributed by atoms with van der Waals surface area (Å²) in [6.45, 7) is 2.31. The van der Waals surface area contributed by atoms with Gasteiger partial charge in [0.1, 0.15) is 5.75 Å². The van der Waals surface area contributed by atoms with Crippen molar-refractivity contribution in [3.63, 3.8) is 0 Å². The van der Waals surface area contributed by atoms with Gasteiger partial charge in [-0.2, -0.15) is 0 Å². The minimum atomic E-state index is -0.0690. The highest BCUT2D eigenvalue weighted by Gasteiger charge is 2.14. The van der Waals surface area contributed by atoms with Gasteiger partial charge in [0.05, 0.1) is 19.8 Å². The summed E-state index contributed by atoms with van der Waals surface area (Å²) in [5.41, 5.74) is 5.08. The largest absolute Gasteiger partial charge is 0.493 e. The number of carbonyl (C=O) groups excluding carboxylic acids is 1. The summed E-state index contributed by atoms with van der Waals surface area (Å²) in [6.07, 6.45) is 0.863. The zero-order valence-corrected chi connectivity index (χ0v) is 15.7. The van der Waals surface area contributed by atoms with Gasteiger partial charge in [-0.25, -0.2) is 0 Å². The molecule has 0 fully saturated rings. The number of amides is 1. The molecule has 1 aliphatic heterocycles. The van der Waals surface area contributed by atoms with Gasteiger partial charge >= 0.3 is 0 Å². The molecule has 28 heavy (non-hydrogen) atoms. The molecular formula is C24H23NO3. The second-order valence-electron chi connectivity index (χ2n) is 6.90. The van der Waals surface area contributed by atoms with Gasteiger partial charge in [0.15, 0.2) is 0 Å². The maximum atomic E-state index is 12.5. The molecule has 1 heterocycles. The van der Waals surface area contributed by atoms with E-state index in [1.807, 2.05) is 54.6 Å². The molecule has 0 radical (unpaired) electrons. The standard InChI is InChI=1S/C24H23NO3/c26-24(22-9-10-23-21(14-22)11-12-28-23)25-15-19-7-4-8-20(13-19)17-27-16-18-5-2-1-3-6-18/h1-10,13-14H,11-12,15-17H2,(H,25,26). The predicted octanol–water partition coefficient (Wildman–Crippen LogP) is 4.27. The number of ether oxygens (including phenoxy) is 2. The van der Waals surface area contributed by atoms with Crippen molar-refractivity contribution in [2.45, 2.75) is 26.2 Å². The average Bonchev–Trinajstić information content (AvgIpc) is 3.21. The summed E-state index contributed by atoms with van der Waals surface area (Å²) in [4.78, 5) is 12.5. The Bertz CT molecular complexity index is 953. The molecule has 3 aromatic carbocycles. The fourth-order valence-corrected chi connectivity index (χ4v) is 3.30. The van der Waals surface area contributed by atoms with Gasteiger partial charge in [-0.1, -0.05) is 54.6 Å². The lowest BCUT2D eigenvalue weighted by Gasteiger charge is -2.09. The lowest BCUT2D eigenvalue weighted by molar-refractivity contribution is 0.0950. The van der Waals surface area contributed by atoms with Crippen LogP contribution in [0.1, 0.15) is 32.6 Å². The van der Waals surface area contributed by atoms with E-state index in [4.69, 9.17) is 9.47 Å². The van der Waals surface area contributed by atoms with Crippen molar-refractivity contribution in [3.8, 4) is 5.75 Å². The Kier molecular flexibility index (Phi) is 5.69. The van der Waals surface area contributed by atoms with Crippen LogP contribution in [0, 0.1) is 0 Å². The fourth-order valence-electron chi connectivity index (χ4n) is 3.30. The summed E-state index contributed by atoms with van der Waals surface area (Å²) in [7, 11) is 0. The second-order valence-corrected chi connectivity index (χ2v) is 6.90. The van der Waals surface area contributed by atoms with Crippen molar-refractivity contribution in [2.75, 3.05) is 6.61 Å². The molecule has 0 unspecified atom stereocenters. The van der Waals surface area contributed by atoms with Crippen LogP contribution < -0.4 is 10.1 Å². The Morgan fingerprint density at radius 3 is 2.57 bits per heavy atom. The molecule has 0 aliphatic carbocycles. The van der Waals surface area contributed by atoms with Gasteiger partial charge in [-0.05, 0) is 40.5 Å². The average molecular weight is 373 g/mol. The molecule has 0 saturated heterocycles. The molecule has 0 spiro atoms. The maximum absolute atomic E-state index is 12.5. The van der Waals surface area contributed by atoms with E-state index in [1.165, 1.54) is 0 Å². The van der Waals surface area contributed by atoms with Crippen LogP contribution in [-0.4, -0.2) is 12.5 Å². The Morgan fingerprint density at radius 2 is 1.68 bits per heavy atom. The molecule has 0 bridgehead atoms. The summed E-state index contributed by atoms with van der Waals surface area (Å²) in [5.74, 6) is 0.820. The summed E-state index contributed by atoms with van der Waals surface area (Å²) in [5, 5.41) is 3.00. The van der Waals surface area contributed by atoms with Crippen LogP contribution in [0.2, 0.25) is 0 Å². The molecule has 1 amide bonds. The van der Waals surface area contributed by atoms with Crippen LogP contribution in [0.25, 0.3) is 0 Å². The third kappa shape index (κ3) is 4.59. The van der Waals surface area contributed by atoms with Crippen molar-refractivity contribution >= 4 is 5.91 Å². The van der Waals surface area contributed by atoms with Crippen molar-refractivity contribution in [2.24, 2.45) is 0 Å². The lowest BCUT2D eigenvalue weighted by Crippen LogP contribution is -2.22. The summed E-state index contributed by atoms with van der Waals surface area (Å²) < 4.78 is 11.3. The Morgan fingerprint density at radius 1 is 0.893 bits per heavy atom. The van der Waals surface area contributed by atoms with Crippen LogP contribution in [0.3, 0.4) is 0 Å². The first-order valence-corrected chi connectivity index (χ1v) is 9.51. The summed E-state index contributed by atoms with van der Waals surface area (Å²) >= 11 is 0. The fraction of sp³-hybridized carbons (Fsp3) is 0.208. The number of fused-ring (bicyclic) bond motifs is 1. The van der Waals surface area contributed by atoms with Crippen LogP contribution >= 0.6 is 0 Å². The van der Waals surface area contributed by atoms with E-state index >= 15 is 0 Å². The molecule has 4 heteroatoms. The van der Waals surface area contributed by atoms with E-state index < -0.39 is 0 Å². The number of carbonyl (C=O) groups is 1. The van der Waals surface area contributed by atoms with Gasteiger partial charge in [-0.3, -0.25) is 4.79 Å². The van der Waals surface area contributed by atoms with Crippen molar-refractivity contribution in [1.82, 2.24) is 5.32 Å². The van der Waals surface area contributed by atoms with E-state index in [9.17, 15) is 4.79 Å². The monoisotopic (exact) mass is 373 g/mol. The maximum Gasteiger partial charge on any atom is 0.251 e. The summed E-state index contributed by atoms with van der Waals surface area (Å²) in [6, 6.07) is 23.9. The molecule has 4 nitrogen and oxygen atoms in total. The third-order valence-electron chi connectivity index (χ3n) is 4.78. The molecule has 1 aliphatic rings. The zero-order chi connectivity index (χ0) is 19.2. The Labute approximate surface area is 165 Å². The second kappa shape index (κ2) is 8.72. The third-order valence-corrected chi connectivity index (χ3v) is 4.78. The van der Waals surface area contributed by atoms with Crippen LogP contribution in [0.4, 0.5) is 0 Å².